The quantitative estimate of drug-likeness (QED) is 0.769. The van der Waals surface area contributed by atoms with Gasteiger partial charge in [-0.25, -0.2) is 4.98 Å². The third-order valence-electron chi connectivity index (χ3n) is 4.08. The van der Waals surface area contributed by atoms with Gasteiger partial charge in [-0.05, 0) is 37.1 Å². The topological polar surface area (TPSA) is 48.4 Å². The van der Waals surface area contributed by atoms with Gasteiger partial charge in [-0.3, -0.25) is 4.90 Å². The molecule has 0 saturated heterocycles. The number of aliphatic hydroxyl groups excluding tert-OH is 1. The lowest BCUT2D eigenvalue weighted by Gasteiger charge is -2.28. The van der Waals surface area contributed by atoms with Crippen LogP contribution in [0.25, 0.3) is 0 Å². The zero-order valence-electron chi connectivity index (χ0n) is 12.8. The van der Waals surface area contributed by atoms with Gasteiger partial charge in [0.15, 0.2) is 0 Å². The van der Waals surface area contributed by atoms with Gasteiger partial charge < -0.3 is 10.4 Å². The van der Waals surface area contributed by atoms with E-state index in [1.807, 2.05) is 5.38 Å². The number of thiazole rings is 1. The van der Waals surface area contributed by atoms with Crippen molar-refractivity contribution in [3.63, 3.8) is 0 Å². The van der Waals surface area contributed by atoms with Crippen molar-refractivity contribution in [3.8, 4) is 0 Å². The van der Waals surface area contributed by atoms with Gasteiger partial charge in [0.1, 0.15) is 5.01 Å². The highest BCUT2D eigenvalue weighted by atomic mass is 32.1. The van der Waals surface area contributed by atoms with Crippen LogP contribution in [0.15, 0.2) is 29.6 Å². The van der Waals surface area contributed by atoms with Crippen LogP contribution in [-0.2, 0) is 26.1 Å². The number of hydrogen-bond donors (Lipinski definition) is 2. The van der Waals surface area contributed by atoms with E-state index in [1.165, 1.54) is 24.1 Å². The van der Waals surface area contributed by atoms with Crippen LogP contribution in [0.4, 0.5) is 0 Å². The van der Waals surface area contributed by atoms with E-state index in [4.69, 9.17) is 5.11 Å². The molecule has 0 atom stereocenters. The van der Waals surface area contributed by atoms with Gasteiger partial charge in [-0.1, -0.05) is 24.3 Å². The highest BCUT2D eigenvalue weighted by Crippen LogP contribution is 2.18. The third kappa shape index (κ3) is 4.14. The predicted octanol–water partition coefficient (Wildman–Crippen LogP) is 2.17. The second kappa shape index (κ2) is 7.83. The van der Waals surface area contributed by atoms with E-state index in [-0.39, 0.29) is 6.61 Å². The molecule has 22 heavy (non-hydrogen) atoms. The number of fused-ring (bicyclic) bond motifs is 1. The van der Waals surface area contributed by atoms with Crippen LogP contribution < -0.4 is 5.32 Å². The molecule has 2 aromatic rings. The second-order valence-electron chi connectivity index (χ2n) is 5.72. The summed E-state index contributed by atoms with van der Waals surface area (Å²) in [5, 5.41) is 15.4. The smallest absolute Gasteiger partial charge is 0.107 e. The Balaban J connectivity index is 1.34. The van der Waals surface area contributed by atoms with Crippen LogP contribution in [0.3, 0.4) is 0 Å². The number of nitrogens with zero attached hydrogens (tertiary/aromatic N) is 2. The van der Waals surface area contributed by atoms with Crippen molar-refractivity contribution in [2.24, 2.45) is 0 Å². The lowest BCUT2D eigenvalue weighted by molar-refractivity contribution is 0.250. The number of hydrogen-bond acceptors (Lipinski definition) is 5. The number of benzene rings is 1. The molecule has 1 aliphatic rings. The maximum atomic E-state index is 8.99. The Kier molecular flexibility index (Phi) is 5.56. The van der Waals surface area contributed by atoms with Gasteiger partial charge in [-0.2, -0.15) is 0 Å². The Morgan fingerprint density at radius 2 is 2.14 bits per heavy atom. The van der Waals surface area contributed by atoms with Gasteiger partial charge >= 0.3 is 0 Å². The van der Waals surface area contributed by atoms with Crippen LogP contribution in [0.1, 0.15) is 28.2 Å². The highest BCUT2D eigenvalue weighted by Gasteiger charge is 2.14. The summed E-state index contributed by atoms with van der Waals surface area (Å²) in [6.45, 7) is 5.24. The second-order valence-corrected chi connectivity index (χ2v) is 6.66. The first kappa shape index (κ1) is 15.6. The molecule has 118 valence electrons. The summed E-state index contributed by atoms with van der Waals surface area (Å²) in [7, 11) is 0. The molecule has 0 fully saturated rings. The first-order valence-electron chi connectivity index (χ1n) is 7.89. The molecule has 0 unspecified atom stereocenters. The fourth-order valence-electron chi connectivity index (χ4n) is 2.87. The lowest BCUT2D eigenvalue weighted by Crippen LogP contribution is -2.32. The number of rotatable bonds is 7. The minimum Gasteiger partial charge on any atom is -0.390 e. The molecule has 0 spiro atoms. The summed E-state index contributed by atoms with van der Waals surface area (Å²) < 4.78 is 0. The number of aromatic nitrogens is 1. The van der Waals surface area contributed by atoms with E-state index >= 15 is 0 Å². The molecule has 2 heterocycles. The molecule has 0 amide bonds. The molecule has 1 aromatic carbocycles. The van der Waals surface area contributed by atoms with Gasteiger partial charge in [0.2, 0.25) is 0 Å². The Labute approximate surface area is 135 Å². The SMILES string of the molecule is OCc1csc(CNCCCN2CCc3ccccc3C2)n1. The van der Waals surface area contributed by atoms with Crippen molar-refractivity contribution in [1.29, 1.82) is 0 Å². The van der Waals surface area contributed by atoms with Gasteiger partial charge in [-0.15, -0.1) is 11.3 Å². The molecule has 2 N–H and O–H groups in total. The number of aliphatic hydroxyl groups is 1. The maximum Gasteiger partial charge on any atom is 0.107 e. The van der Waals surface area contributed by atoms with Crippen molar-refractivity contribution in [2.45, 2.75) is 32.5 Å². The van der Waals surface area contributed by atoms with Crippen LogP contribution in [0, 0.1) is 0 Å². The van der Waals surface area contributed by atoms with E-state index in [1.54, 1.807) is 11.3 Å². The zero-order chi connectivity index (χ0) is 15.2. The van der Waals surface area contributed by atoms with Crippen LogP contribution in [0.2, 0.25) is 0 Å². The molecule has 0 saturated carbocycles. The van der Waals surface area contributed by atoms with Crippen molar-refractivity contribution in [1.82, 2.24) is 15.2 Å². The van der Waals surface area contributed by atoms with Crippen LogP contribution in [0.5, 0.6) is 0 Å². The minimum absolute atomic E-state index is 0.0347. The highest BCUT2D eigenvalue weighted by molar-refractivity contribution is 7.09. The molecule has 3 rings (SSSR count). The monoisotopic (exact) mass is 317 g/mol. The first-order chi connectivity index (χ1) is 10.8. The largest absolute Gasteiger partial charge is 0.390 e. The van der Waals surface area contributed by atoms with Gasteiger partial charge in [0.25, 0.3) is 0 Å². The Morgan fingerprint density at radius 3 is 2.95 bits per heavy atom. The minimum atomic E-state index is 0.0347. The van der Waals surface area contributed by atoms with E-state index in [0.717, 1.165) is 43.3 Å². The maximum absolute atomic E-state index is 8.99. The summed E-state index contributed by atoms with van der Waals surface area (Å²) >= 11 is 1.61. The van der Waals surface area contributed by atoms with Gasteiger partial charge in [0, 0.05) is 25.0 Å². The first-order valence-corrected chi connectivity index (χ1v) is 8.77. The Morgan fingerprint density at radius 1 is 1.27 bits per heavy atom. The predicted molar refractivity (Wildman–Crippen MR) is 89.8 cm³/mol. The molecule has 0 bridgehead atoms. The molecule has 0 radical (unpaired) electrons. The molecular formula is C17H23N3OS. The molecule has 4 nitrogen and oxygen atoms in total. The summed E-state index contributed by atoms with van der Waals surface area (Å²) in [4.78, 5) is 6.88. The van der Waals surface area contributed by atoms with E-state index in [2.05, 4.69) is 39.5 Å². The third-order valence-corrected chi connectivity index (χ3v) is 4.97. The average molecular weight is 317 g/mol. The standard InChI is InChI=1S/C17H23N3OS/c21-12-16-13-22-17(19-16)10-18-7-3-8-20-9-6-14-4-1-2-5-15(14)11-20/h1-2,4-5,13,18,21H,3,6-12H2. The normalized spacial score (nSPS) is 15.0. The van der Waals surface area contributed by atoms with E-state index < -0.39 is 0 Å². The lowest BCUT2D eigenvalue weighted by atomic mass is 10.00. The average Bonchev–Trinajstić information content (AvgIpc) is 3.02. The van der Waals surface area contributed by atoms with Gasteiger partial charge in [0.05, 0.1) is 12.3 Å². The van der Waals surface area contributed by atoms with Crippen molar-refractivity contribution >= 4 is 11.3 Å². The Bertz CT molecular complexity index is 599. The molecule has 1 aliphatic heterocycles. The van der Waals surface area contributed by atoms with Crippen molar-refractivity contribution in [2.75, 3.05) is 19.6 Å². The number of nitrogens with one attached hydrogen (secondary N) is 1. The fraction of sp³-hybridized carbons (Fsp3) is 0.471. The molecule has 0 aliphatic carbocycles. The summed E-state index contributed by atoms with van der Waals surface area (Å²) in [5.41, 5.74) is 3.77. The van der Waals surface area contributed by atoms with E-state index in [9.17, 15) is 0 Å². The molecule has 5 heteroatoms. The fourth-order valence-corrected chi connectivity index (χ4v) is 3.63. The molecular weight excluding hydrogens is 294 g/mol. The van der Waals surface area contributed by atoms with Crippen LogP contribution >= 0.6 is 11.3 Å². The zero-order valence-corrected chi connectivity index (χ0v) is 13.6. The van der Waals surface area contributed by atoms with Crippen LogP contribution in [-0.4, -0.2) is 34.6 Å². The van der Waals surface area contributed by atoms with E-state index in [0.29, 0.717) is 0 Å². The van der Waals surface area contributed by atoms with Crippen molar-refractivity contribution < 1.29 is 5.11 Å². The Hall–Kier alpha value is -1.27. The summed E-state index contributed by atoms with van der Waals surface area (Å²) in [6, 6.07) is 8.78. The van der Waals surface area contributed by atoms with Crippen molar-refractivity contribution in [3.05, 3.63) is 51.5 Å². The molecule has 1 aromatic heterocycles. The summed E-state index contributed by atoms with van der Waals surface area (Å²) in [5.74, 6) is 0. The summed E-state index contributed by atoms with van der Waals surface area (Å²) in [6.07, 6.45) is 2.33.